The van der Waals surface area contributed by atoms with Gasteiger partial charge in [0.25, 0.3) is 0 Å². The zero-order valence-electron chi connectivity index (χ0n) is 10.8. The van der Waals surface area contributed by atoms with Crippen LogP contribution in [0.5, 0.6) is 0 Å². The molecule has 3 N–H and O–H groups in total. The number of aromatic nitrogens is 1. The molecule has 6 nitrogen and oxygen atoms in total. The molecule has 2 aromatic rings. The van der Waals surface area contributed by atoms with Gasteiger partial charge >= 0.3 is 0 Å². The Morgan fingerprint density at radius 2 is 2.15 bits per heavy atom. The fourth-order valence-corrected chi connectivity index (χ4v) is 2.69. The third-order valence-corrected chi connectivity index (χ3v) is 4.08. The van der Waals surface area contributed by atoms with E-state index in [0.717, 1.165) is 6.07 Å². The summed E-state index contributed by atoms with van der Waals surface area (Å²) in [5.74, 6) is -0.269. The molecule has 0 atom stereocenters. The maximum Gasteiger partial charge on any atom is 0.243 e. The summed E-state index contributed by atoms with van der Waals surface area (Å²) in [6.07, 6.45) is 0. The van der Waals surface area contributed by atoms with Gasteiger partial charge in [0.15, 0.2) is 0 Å². The number of halogens is 1. The Morgan fingerprint density at radius 1 is 1.40 bits per heavy atom. The molecule has 0 fully saturated rings. The van der Waals surface area contributed by atoms with Gasteiger partial charge in [-0.25, -0.2) is 17.5 Å². The molecule has 0 saturated heterocycles. The topological polar surface area (TPSA) is 98.2 Å². The van der Waals surface area contributed by atoms with Crippen LogP contribution in [0.25, 0.3) is 0 Å². The second-order valence-corrected chi connectivity index (χ2v) is 5.96. The normalized spacial score (nSPS) is 11.8. The highest BCUT2D eigenvalue weighted by atomic mass is 32.2. The van der Waals surface area contributed by atoms with E-state index < -0.39 is 20.7 Å². The zero-order valence-corrected chi connectivity index (χ0v) is 11.6. The molecule has 0 radical (unpaired) electrons. The first kappa shape index (κ1) is 14.6. The van der Waals surface area contributed by atoms with Crippen molar-refractivity contribution in [1.82, 2.24) is 9.88 Å². The molecule has 2 rings (SSSR count). The highest BCUT2D eigenvalue weighted by Crippen LogP contribution is 2.16. The van der Waals surface area contributed by atoms with E-state index >= 15 is 0 Å². The van der Waals surface area contributed by atoms with Gasteiger partial charge in [-0.1, -0.05) is 11.2 Å². The molecule has 1 aromatic heterocycles. The molecule has 0 bridgehead atoms. The smallest absolute Gasteiger partial charge is 0.243 e. The molecule has 108 valence electrons. The fraction of sp³-hybridized carbons (Fsp3) is 0.250. The number of hydrogen-bond acceptors (Lipinski definition) is 5. The number of nitrogens with zero attached hydrogens (tertiary/aromatic N) is 1. The first-order valence-electron chi connectivity index (χ1n) is 5.83. The largest absolute Gasteiger partial charge is 0.361 e. The highest BCUT2D eigenvalue weighted by molar-refractivity contribution is 7.89. The molecule has 1 aromatic carbocycles. The fourth-order valence-electron chi connectivity index (χ4n) is 1.64. The predicted octanol–water partition coefficient (Wildman–Crippen LogP) is 1.06. The van der Waals surface area contributed by atoms with Crippen LogP contribution in [0.2, 0.25) is 0 Å². The van der Waals surface area contributed by atoms with Gasteiger partial charge in [0.1, 0.15) is 16.5 Å². The summed E-state index contributed by atoms with van der Waals surface area (Å²) >= 11 is 0. The summed E-state index contributed by atoms with van der Waals surface area (Å²) in [6, 6.07) is 5.36. The lowest BCUT2D eigenvalue weighted by Crippen LogP contribution is -2.24. The Hall–Kier alpha value is -1.77. The van der Waals surface area contributed by atoms with Gasteiger partial charge in [-0.05, 0) is 24.6 Å². The van der Waals surface area contributed by atoms with Crippen LogP contribution in [-0.4, -0.2) is 13.6 Å². The average Bonchev–Trinajstić information content (AvgIpc) is 2.82. The Labute approximate surface area is 115 Å². The Kier molecular flexibility index (Phi) is 4.17. The molecule has 0 aliphatic carbocycles. The zero-order chi connectivity index (χ0) is 14.8. The van der Waals surface area contributed by atoms with Crippen molar-refractivity contribution in [2.75, 3.05) is 0 Å². The number of sulfonamides is 1. The summed E-state index contributed by atoms with van der Waals surface area (Å²) < 4.78 is 44.8. The molecule has 8 heteroatoms. The number of benzene rings is 1. The van der Waals surface area contributed by atoms with Gasteiger partial charge in [0, 0.05) is 12.6 Å². The van der Waals surface area contributed by atoms with Crippen LogP contribution < -0.4 is 10.5 Å². The van der Waals surface area contributed by atoms with E-state index in [2.05, 4.69) is 9.88 Å². The first-order chi connectivity index (χ1) is 9.42. The highest BCUT2D eigenvalue weighted by Gasteiger charge is 2.19. The molecule has 0 amide bonds. The molecular formula is C12H14FN3O3S. The summed E-state index contributed by atoms with van der Waals surface area (Å²) in [4.78, 5) is -0.421. The lowest BCUT2D eigenvalue weighted by Gasteiger charge is -2.07. The van der Waals surface area contributed by atoms with Crippen LogP contribution in [0, 0.1) is 12.7 Å². The number of rotatable bonds is 5. The van der Waals surface area contributed by atoms with Gasteiger partial charge < -0.3 is 10.3 Å². The number of hydrogen-bond donors (Lipinski definition) is 2. The average molecular weight is 299 g/mol. The van der Waals surface area contributed by atoms with Crippen LogP contribution >= 0.6 is 0 Å². The van der Waals surface area contributed by atoms with Crippen molar-refractivity contribution >= 4 is 10.0 Å². The molecule has 0 spiro atoms. The summed E-state index contributed by atoms with van der Waals surface area (Å²) in [5.41, 5.74) is 6.31. The molecule has 0 saturated carbocycles. The van der Waals surface area contributed by atoms with Crippen molar-refractivity contribution in [1.29, 1.82) is 0 Å². The van der Waals surface area contributed by atoms with E-state index in [1.807, 2.05) is 0 Å². The van der Waals surface area contributed by atoms with Gasteiger partial charge in [0.05, 0.1) is 12.2 Å². The minimum absolute atomic E-state index is 0.0717. The van der Waals surface area contributed by atoms with E-state index in [1.54, 1.807) is 13.0 Å². The SMILES string of the molecule is Cc1cc(CNS(=O)(=O)c2ccc(CN)cc2F)no1. The van der Waals surface area contributed by atoms with E-state index in [4.69, 9.17) is 10.3 Å². The van der Waals surface area contributed by atoms with Crippen molar-refractivity contribution in [2.24, 2.45) is 5.73 Å². The monoisotopic (exact) mass is 299 g/mol. The lowest BCUT2D eigenvalue weighted by atomic mass is 10.2. The van der Waals surface area contributed by atoms with Crippen molar-refractivity contribution in [3.63, 3.8) is 0 Å². The van der Waals surface area contributed by atoms with E-state index in [-0.39, 0.29) is 13.1 Å². The van der Waals surface area contributed by atoms with Crippen molar-refractivity contribution < 1.29 is 17.3 Å². The molecule has 20 heavy (non-hydrogen) atoms. The molecule has 1 heterocycles. The Balaban J connectivity index is 2.18. The number of nitrogens with one attached hydrogen (secondary N) is 1. The van der Waals surface area contributed by atoms with E-state index in [1.165, 1.54) is 12.1 Å². The van der Waals surface area contributed by atoms with Crippen molar-refractivity contribution in [3.05, 3.63) is 47.1 Å². The van der Waals surface area contributed by atoms with E-state index in [9.17, 15) is 12.8 Å². The maximum atomic E-state index is 13.8. The summed E-state index contributed by atoms with van der Waals surface area (Å²) in [6.45, 7) is 1.76. The molecule has 0 aliphatic heterocycles. The third-order valence-electron chi connectivity index (χ3n) is 2.64. The lowest BCUT2D eigenvalue weighted by molar-refractivity contribution is 0.390. The van der Waals surface area contributed by atoms with Gasteiger partial charge in [-0.15, -0.1) is 0 Å². The predicted molar refractivity (Wildman–Crippen MR) is 69.6 cm³/mol. The number of aryl methyl sites for hydroxylation is 1. The minimum atomic E-state index is -3.95. The van der Waals surface area contributed by atoms with Gasteiger partial charge in [-0.2, -0.15) is 0 Å². The van der Waals surface area contributed by atoms with Crippen molar-refractivity contribution in [2.45, 2.75) is 24.9 Å². The minimum Gasteiger partial charge on any atom is -0.361 e. The molecule has 0 aliphatic rings. The van der Waals surface area contributed by atoms with Crippen LogP contribution in [0.4, 0.5) is 4.39 Å². The second-order valence-electron chi connectivity index (χ2n) is 4.22. The van der Waals surface area contributed by atoms with Crippen LogP contribution in [0.15, 0.2) is 33.7 Å². The molecule has 0 unspecified atom stereocenters. The van der Waals surface area contributed by atoms with Crippen LogP contribution in [-0.2, 0) is 23.1 Å². The summed E-state index contributed by atoms with van der Waals surface area (Å²) in [5, 5.41) is 3.65. The van der Waals surface area contributed by atoms with Crippen molar-refractivity contribution in [3.8, 4) is 0 Å². The van der Waals surface area contributed by atoms with Crippen LogP contribution in [0.3, 0.4) is 0 Å². The third kappa shape index (κ3) is 3.21. The Bertz CT molecular complexity index is 712. The molecular weight excluding hydrogens is 285 g/mol. The van der Waals surface area contributed by atoms with Crippen LogP contribution in [0.1, 0.15) is 17.0 Å². The Morgan fingerprint density at radius 3 is 2.70 bits per heavy atom. The first-order valence-corrected chi connectivity index (χ1v) is 7.31. The van der Waals surface area contributed by atoms with Gasteiger partial charge in [0.2, 0.25) is 10.0 Å². The van der Waals surface area contributed by atoms with E-state index in [0.29, 0.717) is 17.0 Å². The maximum absolute atomic E-state index is 13.8. The van der Waals surface area contributed by atoms with Gasteiger partial charge in [-0.3, -0.25) is 0 Å². The number of nitrogens with two attached hydrogens (primary N) is 1. The summed E-state index contributed by atoms with van der Waals surface area (Å²) in [7, 11) is -3.95. The standard InChI is InChI=1S/C12H14FN3O3S/c1-8-4-10(16-19-8)7-15-20(17,18)12-3-2-9(6-14)5-11(12)13/h2-5,15H,6-7,14H2,1H3. The second kappa shape index (κ2) is 5.70. The quantitative estimate of drug-likeness (QED) is 0.860.